The lowest BCUT2D eigenvalue weighted by molar-refractivity contribution is -0.143. The molecular formula is C22H24N2O3S2. The fourth-order valence-electron chi connectivity index (χ4n) is 2.88. The monoisotopic (exact) mass is 428 g/mol. The van der Waals surface area contributed by atoms with E-state index in [1.54, 1.807) is 29.3 Å². The van der Waals surface area contributed by atoms with Gasteiger partial charge < -0.3 is 9.30 Å². The van der Waals surface area contributed by atoms with Crippen molar-refractivity contribution in [3.8, 4) is 0 Å². The summed E-state index contributed by atoms with van der Waals surface area (Å²) < 4.78 is 7.83. The maximum absolute atomic E-state index is 12.9. The molecule has 3 aromatic rings. The van der Waals surface area contributed by atoms with Crippen molar-refractivity contribution in [2.45, 2.75) is 44.4 Å². The predicted molar refractivity (Wildman–Crippen MR) is 119 cm³/mol. The summed E-state index contributed by atoms with van der Waals surface area (Å²) >= 11 is 3.10. The van der Waals surface area contributed by atoms with Crippen molar-refractivity contribution in [1.82, 2.24) is 4.57 Å². The molecule has 1 heterocycles. The first-order valence-corrected chi connectivity index (χ1v) is 11.2. The lowest BCUT2D eigenvalue weighted by Crippen LogP contribution is -2.23. The molecular weight excluding hydrogens is 404 g/mol. The topological polar surface area (TPSA) is 60.7 Å². The van der Waals surface area contributed by atoms with Crippen LogP contribution in [0.3, 0.4) is 0 Å². The zero-order valence-corrected chi connectivity index (χ0v) is 18.6. The number of nitrogens with zero attached hydrogens (tertiary/aromatic N) is 2. The molecule has 1 aromatic heterocycles. The van der Waals surface area contributed by atoms with Gasteiger partial charge in [-0.2, -0.15) is 4.99 Å². The van der Waals surface area contributed by atoms with Crippen molar-refractivity contribution in [2.75, 3.05) is 6.61 Å². The molecule has 3 rings (SSSR count). The molecule has 1 amide bonds. The number of aromatic nitrogens is 1. The van der Waals surface area contributed by atoms with Crippen molar-refractivity contribution >= 4 is 45.2 Å². The second kappa shape index (κ2) is 9.41. The average molecular weight is 429 g/mol. The molecule has 0 saturated carbocycles. The molecule has 0 bridgehead atoms. The van der Waals surface area contributed by atoms with E-state index >= 15 is 0 Å². The molecule has 0 aliphatic rings. The Labute approximate surface area is 178 Å². The number of rotatable bonds is 6. The van der Waals surface area contributed by atoms with Crippen LogP contribution in [0.2, 0.25) is 0 Å². The Balaban J connectivity index is 2.04. The number of fused-ring (bicyclic) bond motifs is 1. The summed E-state index contributed by atoms with van der Waals surface area (Å²) in [5.74, 6) is -0.672. The highest BCUT2D eigenvalue weighted by molar-refractivity contribution is 7.99. The summed E-state index contributed by atoms with van der Waals surface area (Å²) in [6, 6.07) is 13.5. The molecule has 5 nitrogen and oxygen atoms in total. The molecule has 7 heteroatoms. The first kappa shape index (κ1) is 21.3. The van der Waals surface area contributed by atoms with E-state index in [0.29, 0.717) is 22.2 Å². The van der Waals surface area contributed by atoms with E-state index in [4.69, 9.17) is 4.74 Å². The normalized spacial score (nSPS) is 12.0. The minimum absolute atomic E-state index is 0.0201. The van der Waals surface area contributed by atoms with Gasteiger partial charge in [-0.15, -0.1) is 11.8 Å². The molecule has 0 aliphatic heterocycles. The van der Waals surface area contributed by atoms with E-state index in [-0.39, 0.29) is 18.4 Å². The predicted octanol–water partition coefficient (Wildman–Crippen LogP) is 4.82. The number of carbonyl (C=O) groups excluding carboxylic acids is 2. The summed E-state index contributed by atoms with van der Waals surface area (Å²) in [6.07, 6.45) is 0. The van der Waals surface area contributed by atoms with E-state index in [9.17, 15) is 9.59 Å². The van der Waals surface area contributed by atoms with Gasteiger partial charge in [0.15, 0.2) is 4.80 Å². The number of hydrogen-bond acceptors (Lipinski definition) is 5. The maximum Gasteiger partial charge on any atom is 0.326 e. The highest BCUT2D eigenvalue weighted by Crippen LogP contribution is 2.24. The number of amides is 1. The molecule has 0 saturated heterocycles. The van der Waals surface area contributed by atoms with Crippen LogP contribution in [0, 0.1) is 6.92 Å². The van der Waals surface area contributed by atoms with Gasteiger partial charge in [-0.1, -0.05) is 37.3 Å². The molecule has 0 aliphatic carbocycles. The molecule has 0 atom stereocenters. The molecule has 29 heavy (non-hydrogen) atoms. The molecule has 152 valence electrons. The number of carbonyl (C=O) groups is 2. The Bertz CT molecular complexity index is 1110. The van der Waals surface area contributed by atoms with Crippen LogP contribution in [0.4, 0.5) is 0 Å². The minimum Gasteiger partial charge on any atom is -0.465 e. The number of thiazole rings is 1. The highest BCUT2D eigenvalue weighted by Gasteiger charge is 2.13. The van der Waals surface area contributed by atoms with Crippen molar-refractivity contribution in [2.24, 2.45) is 4.99 Å². The fraction of sp³-hybridized carbons (Fsp3) is 0.318. The summed E-state index contributed by atoms with van der Waals surface area (Å²) in [6.45, 7) is 8.34. The van der Waals surface area contributed by atoms with Crippen LogP contribution in [0.5, 0.6) is 0 Å². The Morgan fingerprint density at radius 2 is 2.00 bits per heavy atom. The first-order valence-electron chi connectivity index (χ1n) is 9.48. The Morgan fingerprint density at radius 1 is 1.21 bits per heavy atom. The number of thioether (sulfide) groups is 1. The van der Waals surface area contributed by atoms with E-state index in [1.165, 1.54) is 11.3 Å². The van der Waals surface area contributed by atoms with E-state index in [0.717, 1.165) is 20.7 Å². The van der Waals surface area contributed by atoms with Crippen LogP contribution >= 0.6 is 23.1 Å². The smallest absolute Gasteiger partial charge is 0.326 e. The minimum atomic E-state index is -0.350. The van der Waals surface area contributed by atoms with Crippen molar-refractivity contribution < 1.29 is 14.3 Å². The second-order valence-corrected chi connectivity index (χ2v) is 9.52. The lowest BCUT2D eigenvalue weighted by Gasteiger charge is -2.06. The van der Waals surface area contributed by atoms with Crippen LogP contribution in [0.15, 0.2) is 52.4 Å². The quantitative estimate of drug-likeness (QED) is 0.417. The summed E-state index contributed by atoms with van der Waals surface area (Å²) in [7, 11) is 0. The molecule has 0 fully saturated rings. The van der Waals surface area contributed by atoms with Gasteiger partial charge in [0, 0.05) is 15.7 Å². The van der Waals surface area contributed by atoms with Gasteiger partial charge in [0.05, 0.1) is 16.8 Å². The lowest BCUT2D eigenvalue weighted by atomic mass is 10.2. The third-order valence-corrected chi connectivity index (χ3v) is 6.12. The van der Waals surface area contributed by atoms with Crippen molar-refractivity contribution in [1.29, 1.82) is 0 Å². The number of ether oxygens (including phenoxy) is 1. The summed E-state index contributed by atoms with van der Waals surface area (Å²) in [5.41, 5.74) is 2.51. The average Bonchev–Trinajstić information content (AvgIpc) is 2.97. The number of hydrogen-bond donors (Lipinski definition) is 0. The third-order valence-electron chi connectivity index (χ3n) is 4.08. The Hall–Kier alpha value is -2.38. The summed E-state index contributed by atoms with van der Waals surface area (Å²) in [4.78, 5) is 30.9. The van der Waals surface area contributed by atoms with Crippen molar-refractivity contribution in [3.05, 3.63) is 58.4 Å². The largest absolute Gasteiger partial charge is 0.465 e. The van der Waals surface area contributed by atoms with E-state index in [2.05, 4.69) is 18.8 Å². The standard InChI is InChI=1S/C22H24N2O3S2/c1-5-27-20(25)13-24-18-10-9-15(4)11-19(18)29-22(24)23-21(26)16-7-6-8-17(12-16)28-14(2)3/h6-12,14H,5,13H2,1-4H3. The van der Waals surface area contributed by atoms with Gasteiger partial charge >= 0.3 is 5.97 Å². The number of aryl methyl sites for hydroxylation is 1. The molecule has 0 N–H and O–H groups in total. The Morgan fingerprint density at radius 3 is 2.72 bits per heavy atom. The van der Waals surface area contributed by atoms with Gasteiger partial charge in [-0.3, -0.25) is 9.59 Å². The zero-order chi connectivity index (χ0) is 21.0. The number of esters is 1. The van der Waals surface area contributed by atoms with Crippen LogP contribution in [-0.4, -0.2) is 28.3 Å². The SMILES string of the molecule is CCOC(=O)Cn1c(=NC(=O)c2cccc(SC(C)C)c2)sc2cc(C)ccc21. The van der Waals surface area contributed by atoms with Crippen LogP contribution in [0.1, 0.15) is 36.7 Å². The van der Waals surface area contributed by atoms with Gasteiger partial charge in [0.25, 0.3) is 5.91 Å². The van der Waals surface area contributed by atoms with Gasteiger partial charge in [-0.25, -0.2) is 0 Å². The van der Waals surface area contributed by atoms with Gasteiger partial charge in [0.1, 0.15) is 6.54 Å². The second-order valence-electron chi connectivity index (χ2n) is 6.86. The van der Waals surface area contributed by atoms with Crippen LogP contribution in [-0.2, 0) is 16.1 Å². The molecule has 2 aromatic carbocycles. The fourth-order valence-corrected chi connectivity index (χ4v) is 4.90. The third kappa shape index (κ3) is 5.36. The maximum atomic E-state index is 12.9. The molecule has 0 radical (unpaired) electrons. The molecule has 0 unspecified atom stereocenters. The Kier molecular flexibility index (Phi) is 6.92. The van der Waals surface area contributed by atoms with Crippen molar-refractivity contribution in [3.63, 3.8) is 0 Å². The van der Waals surface area contributed by atoms with Crippen LogP contribution < -0.4 is 4.80 Å². The zero-order valence-electron chi connectivity index (χ0n) is 17.0. The first-order chi connectivity index (χ1) is 13.9. The van der Waals surface area contributed by atoms with Gasteiger partial charge in [0.2, 0.25) is 0 Å². The highest BCUT2D eigenvalue weighted by atomic mass is 32.2. The number of benzene rings is 2. The van der Waals surface area contributed by atoms with Crippen LogP contribution in [0.25, 0.3) is 10.2 Å². The molecule has 0 spiro atoms. The van der Waals surface area contributed by atoms with E-state index < -0.39 is 0 Å². The van der Waals surface area contributed by atoms with Gasteiger partial charge in [-0.05, 0) is 49.7 Å². The summed E-state index contributed by atoms with van der Waals surface area (Å²) in [5, 5.41) is 0.426. The van der Waals surface area contributed by atoms with E-state index in [1.807, 2.05) is 43.3 Å².